The van der Waals surface area contributed by atoms with E-state index in [9.17, 15) is 0 Å². The summed E-state index contributed by atoms with van der Waals surface area (Å²) in [4.78, 5) is 0. The van der Waals surface area contributed by atoms with Gasteiger partial charge in [-0.05, 0) is 17.7 Å². The molecule has 2 aliphatic carbocycles. The molecule has 1 fully saturated rings. The van der Waals surface area contributed by atoms with Gasteiger partial charge in [0.2, 0.25) is 0 Å². The van der Waals surface area contributed by atoms with E-state index in [-0.39, 0.29) is 0 Å². The number of ether oxygens (including phenoxy) is 3. The normalized spacial score (nSPS) is 19.0. The molecule has 1 atom stereocenters. The summed E-state index contributed by atoms with van der Waals surface area (Å²) in [7, 11) is 1.70. The Morgan fingerprint density at radius 1 is 1.20 bits per heavy atom. The Morgan fingerprint density at radius 2 is 2.10 bits per heavy atom. The van der Waals surface area contributed by atoms with Crippen molar-refractivity contribution >= 4 is 0 Å². The van der Waals surface area contributed by atoms with Crippen LogP contribution in [0.3, 0.4) is 0 Å². The second kappa shape index (κ2) is 8.28. The molecule has 0 aromatic rings. The molecule has 0 aromatic carbocycles. The van der Waals surface area contributed by atoms with E-state index in [2.05, 4.69) is 19.1 Å². The SMILES string of the molecule is CCCCCCC1COCCO1.COc1cc2ccc1=2. The third kappa shape index (κ3) is 4.22. The third-order valence-corrected chi connectivity index (χ3v) is 3.78. The van der Waals surface area contributed by atoms with Crippen LogP contribution < -0.4 is 4.74 Å². The Morgan fingerprint density at radius 3 is 2.55 bits per heavy atom. The standard InChI is InChI=1S/C10H20O2.C7H6O/c1-2-3-4-5-6-10-9-11-7-8-12-10;1-8-7-4-5-2-3-6(5)7/h10H,2-9H2,1H3;2-4H,1H3. The number of hydrogen-bond acceptors (Lipinski definition) is 3. The average molecular weight is 278 g/mol. The predicted molar refractivity (Wildman–Crippen MR) is 80.0 cm³/mol. The zero-order chi connectivity index (χ0) is 14.2. The average Bonchev–Trinajstić information content (AvgIpc) is 2.48. The number of rotatable bonds is 6. The Labute approximate surface area is 121 Å². The van der Waals surface area contributed by atoms with E-state index in [0.29, 0.717) is 6.10 Å². The van der Waals surface area contributed by atoms with Crippen molar-refractivity contribution in [1.82, 2.24) is 0 Å². The molecule has 20 heavy (non-hydrogen) atoms. The number of hydrogen-bond donors (Lipinski definition) is 0. The van der Waals surface area contributed by atoms with E-state index >= 15 is 0 Å². The molecule has 0 radical (unpaired) electrons. The smallest absolute Gasteiger partial charge is 0.127 e. The molecule has 1 aliphatic heterocycles. The molecule has 1 heterocycles. The van der Waals surface area contributed by atoms with Gasteiger partial charge in [0.15, 0.2) is 0 Å². The van der Waals surface area contributed by atoms with Gasteiger partial charge in [0.05, 0.1) is 33.0 Å². The molecule has 0 N–H and O–H groups in total. The summed E-state index contributed by atoms with van der Waals surface area (Å²) in [6.45, 7) is 4.62. The van der Waals surface area contributed by atoms with E-state index < -0.39 is 0 Å². The van der Waals surface area contributed by atoms with Gasteiger partial charge < -0.3 is 14.2 Å². The minimum atomic E-state index is 0.385. The van der Waals surface area contributed by atoms with Crippen LogP contribution >= 0.6 is 0 Å². The first kappa shape index (κ1) is 15.3. The topological polar surface area (TPSA) is 27.7 Å². The van der Waals surface area contributed by atoms with Crippen molar-refractivity contribution in [3.05, 3.63) is 28.6 Å². The minimum Gasteiger partial charge on any atom is -0.496 e. The molecule has 3 rings (SSSR count). The lowest BCUT2D eigenvalue weighted by Crippen LogP contribution is -2.28. The summed E-state index contributed by atoms with van der Waals surface area (Å²) in [5.41, 5.74) is 0. The van der Waals surface area contributed by atoms with Crippen LogP contribution in [-0.2, 0) is 9.47 Å². The van der Waals surface area contributed by atoms with Gasteiger partial charge in [-0.3, -0.25) is 0 Å². The van der Waals surface area contributed by atoms with Crippen molar-refractivity contribution in [2.75, 3.05) is 26.9 Å². The summed E-state index contributed by atoms with van der Waals surface area (Å²) in [5, 5.41) is 2.62. The molecule has 112 valence electrons. The van der Waals surface area contributed by atoms with Crippen LogP contribution in [-0.4, -0.2) is 33.0 Å². The fourth-order valence-electron chi connectivity index (χ4n) is 2.43. The lowest BCUT2D eigenvalue weighted by Gasteiger charge is -2.22. The number of benzene rings is 1. The van der Waals surface area contributed by atoms with Crippen LogP contribution in [0, 0.1) is 10.4 Å². The van der Waals surface area contributed by atoms with Gasteiger partial charge in [-0.1, -0.05) is 44.7 Å². The van der Waals surface area contributed by atoms with Crippen molar-refractivity contribution in [3.8, 4) is 5.75 Å². The van der Waals surface area contributed by atoms with Crippen molar-refractivity contribution in [2.24, 2.45) is 0 Å². The van der Waals surface area contributed by atoms with E-state index in [1.165, 1.54) is 42.5 Å². The van der Waals surface area contributed by atoms with Crippen LogP contribution in [0.2, 0.25) is 0 Å². The maximum absolute atomic E-state index is 5.53. The van der Waals surface area contributed by atoms with Gasteiger partial charge in [-0.25, -0.2) is 0 Å². The molecule has 0 aromatic heterocycles. The van der Waals surface area contributed by atoms with Gasteiger partial charge in [0, 0.05) is 5.22 Å². The first-order chi connectivity index (χ1) is 9.85. The van der Waals surface area contributed by atoms with Crippen molar-refractivity contribution in [3.63, 3.8) is 0 Å². The van der Waals surface area contributed by atoms with Crippen LogP contribution in [0.5, 0.6) is 5.75 Å². The zero-order valence-electron chi connectivity index (χ0n) is 12.7. The zero-order valence-corrected chi connectivity index (χ0v) is 12.7. The lowest BCUT2D eigenvalue weighted by atomic mass is 10.1. The molecule has 0 spiro atoms. The van der Waals surface area contributed by atoms with Crippen LogP contribution in [0.4, 0.5) is 0 Å². The fourth-order valence-corrected chi connectivity index (χ4v) is 2.43. The third-order valence-electron chi connectivity index (χ3n) is 3.78. The highest BCUT2D eigenvalue weighted by Gasteiger charge is 2.12. The molecule has 0 bridgehead atoms. The van der Waals surface area contributed by atoms with Crippen LogP contribution in [0.15, 0.2) is 18.2 Å². The maximum atomic E-state index is 5.53. The van der Waals surface area contributed by atoms with Crippen LogP contribution in [0.1, 0.15) is 39.0 Å². The van der Waals surface area contributed by atoms with E-state index in [4.69, 9.17) is 14.2 Å². The van der Waals surface area contributed by atoms with Gasteiger partial charge in [0.1, 0.15) is 5.75 Å². The summed E-state index contributed by atoms with van der Waals surface area (Å²) in [5.74, 6) is 1.03. The second-order valence-electron chi connectivity index (χ2n) is 5.33. The Balaban J connectivity index is 0.000000157. The first-order valence-corrected chi connectivity index (χ1v) is 7.73. The largest absolute Gasteiger partial charge is 0.496 e. The molecule has 0 amide bonds. The van der Waals surface area contributed by atoms with Crippen molar-refractivity contribution in [1.29, 1.82) is 0 Å². The van der Waals surface area contributed by atoms with Gasteiger partial charge in [-0.15, -0.1) is 0 Å². The summed E-state index contributed by atoms with van der Waals surface area (Å²) in [6, 6.07) is 6.18. The fraction of sp³-hybridized carbons (Fsp3) is 0.647. The van der Waals surface area contributed by atoms with Gasteiger partial charge in [0.25, 0.3) is 0 Å². The molecule has 3 nitrogen and oxygen atoms in total. The Bertz CT molecular complexity index is 477. The minimum absolute atomic E-state index is 0.385. The highest BCUT2D eigenvalue weighted by Crippen LogP contribution is 2.22. The summed E-state index contributed by atoms with van der Waals surface area (Å²) >= 11 is 0. The summed E-state index contributed by atoms with van der Waals surface area (Å²) in [6.07, 6.45) is 6.86. The number of unbranched alkanes of at least 4 members (excludes halogenated alkanes) is 3. The second-order valence-corrected chi connectivity index (χ2v) is 5.33. The predicted octanol–water partition coefficient (Wildman–Crippen LogP) is 3.67. The van der Waals surface area contributed by atoms with E-state index in [0.717, 1.165) is 25.6 Å². The lowest BCUT2D eigenvalue weighted by molar-refractivity contribution is -0.0912. The Kier molecular flexibility index (Phi) is 6.34. The first-order valence-electron chi connectivity index (χ1n) is 7.73. The van der Waals surface area contributed by atoms with Crippen molar-refractivity contribution in [2.45, 2.75) is 45.1 Å². The van der Waals surface area contributed by atoms with Gasteiger partial charge in [-0.2, -0.15) is 0 Å². The van der Waals surface area contributed by atoms with Crippen LogP contribution in [0.25, 0.3) is 0 Å². The number of methoxy groups -OCH3 is 1. The van der Waals surface area contributed by atoms with E-state index in [1.54, 1.807) is 7.11 Å². The molecule has 1 saturated heterocycles. The molecule has 3 heteroatoms. The molecular weight excluding hydrogens is 252 g/mol. The maximum Gasteiger partial charge on any atom is 0.127 e. The molecule has 0 saturated carbocycles. The highest BCUT2D eigenvalue weighted by atomic mass is 16.6. The molecular formula is C17H26O3. The summed E-state index contributed by atoms with van der Waals surface area (Å²) < 4.78 is 15.8. The van der Waals surface area contributed by atoms with Crippen molar-refractivity contribution < 1.29 is 14.2 Å². The van der Waals surface area contributed by atoms with E-state index in [1.807, 2.05) is 6.07 Å². The molecule has 3 aliphatic rings. The monoisotopic (exact) mass is 278 g/mol. The molecule has 1 unspecified atom stereocenters. The Hall–Kier alpha value is -1.06. The van der Waals surface area contributed by atoms with Gasteiger partial charge >= 0.3 is 0 Å². The highest BCUT2D eigenvalue weighted by molar-refractivity contribution is 5.38. The quantitative estimate of drug-likeness (QED) is 0.755.